The van der Waals surface area contributed by atoms with Crippen molar-refractivity contribution < 1.29 is 9.53 Å². The number of aromatic nitrogens is 3. The quantitative estimate of drug-likeness (QED) is 0.829. The third-order valence-electron chi connectivity index (χ3n) is 5.54. The van der Waals surface area contributed by atoms with Gasteiger partial charge in [0.25, 0.3) is 5.91 Å². The maximum atomic E-state index is 12.6. The van der Waals surface area contributed by atoms with Crippen LogP contribution < -0.4 is 4.74 Å². The predicted octanol–water partition coefficient (Wildman–Crippen LogP) is 1.49. The third-order valence-corrected chi connectivity index (χ3v) is 5.54. The van der Waals surface area contributed by atoms with E-state index in [1.54, 1.807) is 18.5 Å². The Balaban J connectivity index is 1.35. The summed E-state index contributed by atoms with van der Waals surface area (Å²) >= 11 is 0. The Kier molecular flexibility index (Phi) is 4.55. The molecule has 2 aromatic rings. The Hall–Kier alpha value is -2.54. The van der Waals surface area contributed by atoms with Crippen molar-refractivity contribution in [2.45, 2.75) is 18.4 Å². The van der Waals surface area contributed by atoms with E-state index in [-0.39, 0.29) is 11.4 Å². The van der Waals surface area contributed by atoms with Gasteiger partial charge in [-0.25, -0.2) is 4.98 Å². The highest BCUT2D eigenvalue weighted by Gasteiger charge is 2.51. The lowest BCUT2D eigenvalue weighted by Crippen LogP contribution is -2.72. The molecule has 0 saturated carbocycles. The first-order valence-corrected chi connectivity index (χ1v) is 8.97. The largest absolute Gasteiger partial charge is 0.477 e. The van der Waals surface area contributed by atoms with Crippen LogP contribution in [0.1, 0.15) is 23.2 Å². The van der Waals surface area contributed by atoms with E-state index in [9.17, 15) is 4.79 Å². The summed E-state index contributed by atoms with van der Waals surface area (Å²) in [4.78, 5) is 21.1. The van der Waals surface area contributed by atoms with Crippen molar-refractivity contribution in [3.8, 4) is 5.88 Å². The molecule has 1 atom stereocenters. The summed E-state index contributed by atoms with van der Waals surface area (Å²) in [6.45, 7) is 3.21. The van der Waals surface area contributed by atoms with Crippen LogP contribution in [0.2, 0.25) is 0 Å². The molecule has 7 heteroatoms. The fraction of sp³-hybridized carbons (Fsp3) is 0.474. The molecule has 2 aromatic heterocycles. The van der Waals surface area contributed by atoms with E-state index in [0.717, 1.165) is 32.5 Å². The zero-order valence-electron chi connectivity index (χ0n) is 14.9. The molecular weight excluding hydrogens is 330 g/mol. The summed E-state index contributed by atoms with van der Waals surface area (Å²) in [5.74, 6) is 1.19. The van der Waals surface area contributed by atoms with Crippen molar-refractivity contribution in [3.63, 3.8) is 0 Å². The van der Waals surface area contributed by atoms with Crippen LogP contribution in [0, 0.1) is 5.92 Å². The van der Waals surface area contributed by atoms with Crippen molar-refractivity contribution in [3.05, 3.63) is 48.4 Å². The van der Waals surface area contributed by atoms with Gasteiger partial charge in [0.05, 0.1) is 30.1 Å². The maximum absolute atomic E-state index is 12.6. The maximum Gasteiger partial charge on any atom is 0.255 e. The number of likely N-dealkylation sites (tertiary alicyclic amines) is 2. The van der Waals surface area contributed by atoms with Crippen LogP contribution in [0.5, 0.6) is 5.88 Å². The molecule has 2 aliphatic heterocycles. The van der Waals surface area contributed by atoms with Crippen molar-refractivity contribution in [2.24, 2.45) is 5.92 Å². The van der Waals surface area contributed by atoms with Crippen LogP contribution in [0.3, 0.4) is 0 Å². The zero-order chi connectivity index (χ0) is 18.0. The van der Waals surface area contributed by atoms with Gasteiger partial charge in [0, 0.05) is 25.4 Å². The fourth-order valence-corrected chi connectivity index (χ4v) is 3.96. The molecule has 2 saturated heterocycles. The van der Waals surface area contributed by atoms with Gasteiger partial charge >= 0.3 is 0 Å². The number of likely N-dealkylation sites (N-methyl/N-ethyl adjacent to an activating group) is 1. The molecule has 0 bridgehead atoms. The van der Waals surface area contributed by atoms with Crippen LogP contribution >= 0.6 is 0 Å². The predicted molar refractivity (Wildman–Crippen MR) is 95.8 cm³/mol. The number of carbonyl (C=O) groups excluding carboxylic acids is 1. The van der Waals surface area contributed by atoms with Gasteiger partial charge in [0.2, 0.25) is 5.88 Å². The summed E-state index contributed by atoms with van der Waals surface area (Å²) in [7, 11) is 2.16. The number of nitrogens with zero attached hydrogens (tertiary/aromatic N) is 5. The molecule has 0 aromatic carbocycles. The SMILES string of the molecule is CN1CCC(COc2ccccn2)CC12CN(C(=O)c1ccnnc1)C2. The normalized spacial score (nSPS) is 22.0. The lowest BCUT2D eigenvalue weighted by molar-refractivity contribution is -0.0695. The highest BCUT2D eigenvalue weighted by atomic mass is 16.5. The summed E-state index contributed by atoms with van der Waals surface area (Å²) in [6, 6.07) is 7.42. The second-order valence-electron chi connectivity index (χ2n) is 7.28. The molecular formula is C19H23N5O2. The standard InChI is InChI=1S/C19H23N5O2/c1-23-9-6-15(12-26-17-4-2-3-7-20-17)10-19(23)13-24(14-19)18(25)16-5-8-21-22-11-16/h2-5,7-8,11,15H,6,9-10,12-14H2,1H3. The number of hydrogen-bond donors (Lipinski definition) is 0. The molecule has 2 fully saturated rings. The fourth-order valence-electron chi connectivity index (χ4n) is 3.96. The van der Waals surface area contributed by atoms with Gasteiger partial charge in [-0.2, -0.15) is 10.2 Å². The highest BCUT2D eigenvalue weighted by Crippen LogP contribution is 2.38. The molecule has 0 aliphatic carbocycles. The van der Waals surface area contributed by atoms with Gasteiger partial charge < -0.3 is 9.64 Å². The van der Waals surface area contributed by atoms with Crippen molar-refractivity contribution in [1.82, 2.24) is 25.0 Å². The minimum Gasteiger partial charge on any atom is -0.477 e. The first-order valence-electron chi connectivity index (χ1n) is 8.97. The molecule has 26 heavy (non-hydrogen) atoms. The first-order chi connectivity index (χ1) is 12.7. The summed E-state index contributed by atoms with van der Waals surface area (Å²) in [6.07, 6.45) is 6.97. The molecule has 1 spiro atoms. The Morgan fingerprint density at radius 2 is 2.15 bits per heavy atom. The molecule has 136 valence electrons. The van der Waals surface area contributed by atoms with E-state index < -0.39 is 0 Å². The third kappa shape index (κ3) is 3.26. The van der Waals surface area contributed by atoms with E-state index in [0.29, 0.717) is 24.0 Å². The van der Waals surface area contributed by atoms with E-state index in [4.69, 9.17) is 4.74 Å². The molecule has 4 heterocycles. The molecule has 7 nitrogen and oxygen atoms in total. The summed E-state index contributed by atoms with van der Waals surface area (Å²) in [5, 5.41) is 7.53. The number of amides is 1. The van der Waals surface area contributed by atoms with Crippen molar-refractivity contribution in [1.29, 1.82) is 0 Å². The summed E-state index contributed by atoms with van der Waals surface area (Å²) < 4.78 is 5.86. The van der Waals surface area contributed by atoms with Gasteiger partial charge in [0.15, 0.2) is 0 Å². The zero-order valence-corrected chi connectivity index (χ0v) is 14.9. The first kappa shape index (κ1) is 16.9. The van der Waals surface area contributed by atoms with Gasteiger partial charge in [-0.15, -0.1) is 0 Å². The van der Waals surface area contributed by atoms with Crippen molar-refractivity contribution in [2.75, 3.05) is 33.3 Å². The molecule has 0 radical (unpaired) electrons. The number of ether oxygens (including phenoxy) is 1. The second kappa shape index (κ2) is 6.99. The molecule has 1 amide bonds. The smallest absolute Gasteiger partial charge is 0.255 e. The lowest BCUT2D eigenvalue weighted by atomic mass is 9.75. The van der Waals surface area contributed by atoms with E-state index in [2.05, 4.69) is 27.1 Å². The van der Waals surface area contributed by atoms with E-state index >= 15 is 0 Å². The minimum atomic E-state index is 0.0331. The van der Waals surface area contributed by atoms with Crippen LogP contribution in [0.4, 0.5) is 0 Å². The average molecular weight is 353 g/mol. The number of rotatable bonds is 4. The Labute approximate surface area is 153 Å². The van der Waals surface area contributed by atoms with Gasteiger partial charge in [0.1, 0.15) is 0 Å². The molecule has 4 rings (SSSR count). The van der Waals surface area contributed by atoms with Crippen molar-refractivity contribution >= 4 is 5.91 Å². The molecule has 0 N–H and O–H groups in total. The Morgan fingerprint density at radius 3 is 2.88 bits per heavy atom. The van der Waals surface area contributed by atoms with Gasteiger partial charge in [-0.3, -0.25) is 9.69 Å². The van der Waals surface area contributed by atoms with Crippen LogP contribution in [-0.4, -0.2) is 69.7 Å². The Morgan fingerprint density at radius 1 is 1.27 bits per heavy atom. The number of carbonyl (C=O) groups is 1. The van der Waals surface area contributed by atoms with E-state index in [1.165, 1.54) is 6.20 Å². The summed E-state index contributed by atoms with van der Waals surface area (Å²) in [5.41, 5.74) is 0.662. The topological polar surface area (TPSA) is 71.5 Å². The lowest BCUT2D eigenvalue weighted by Gasteiger charge is -2.58. The minimum absolute atomic E-state index is 0.0331. The molecule has 2 aliphatic rings. The van der Waals surface area contributed by atoms with Gasteiger partial charge in [-0.05, 0) is 44.5 Å². The van der Waals surface area contributed by atoms with Gasteiger partial charge in [-0.1, -0.05) is 6.07 Å². The number of hydrogen-bond acceptors (Lipinski definition) is 6. The highest BCUT2D eigenvalue weighted by molar-refractivity contribution is 5.94. The average Bonchev–Trinajstić information content (AvgIpc) is 2.67. The number of pyridine rings is 1. The number of piperidine rings is 1. The van der Waals surface area contributed by atoms with Crippen LogP contribution in [0.15, 0.2) is 42.9 Å². The Bertz CT molecular complexity index is 749. The molecule has 1 unspecified atom stereocenters. The monoisotopic (exact) mass is 353 g/mol. The van der Waals surface area contributed by atoms with E-state index in [1.807, 2.05) is 23.1 Å². The second-order valence-corrected chi connectivity index (χ2v) is 7.28. The van der Waals surface area contributed by atoms with Crippen LogP contribution in [0.25, 0.3) is 0 Å². The van der Waals surface area contributed by atoms with Crippen LogP contribution in [-0.2, 0) is 0 Å².